The number of hydrogen-bond donors (Lipinski definition) is 1. The lowest BCUT2D eigenvalue weighted by atomic mass is 10.3. The molecule has 0 atom stereocenters. The van der Waals surface area contributed by atoms with Crippen LogP contribution in [-0.2, 0) is 7.05 Å². The van der Waals surface area contributed by atoms with Gasteiger partial charge >= 0.3 is 5.56 Å². The zero-order chi connectivity index (χ0) is 12.6. The first-order valence-corrected chi connectivity index (χ1v) is 5.18. The normalized spacial score (nSPS) is 10.5. The Hall–Kier alpha value is -2.17. The van der Waals surface area contributed by atoms with Crippen LogP contribution in [0.3, 0.4) is 0 Å². The molecule has 0 aliphatic carbocycles. The average Bonchev–Trinajstić information content (AvgIpc) is 2.54. The molecule has 90 valence electrons. The van der Waals surface area contributed by atoms with Crippen molar-refractivity contribution in [2.75, 3.05) is 7.11 Å². The maximum Gasteiger partial charge on any atom is 0.313 e. The smallest absolute Gasteiger partial charge is 0.313 e. The van der Waals surface area contributed by atoms with Gasteiger partial charge in [0.25, 0.3) is 0 Å². The number of benzene rings is 1. The van der Waals surface area contributed by atoms with Crippen molar-refractivity contribution in [1.82, 2.24) is 9.36 Å². The topological polar surface area (TPSA) is 56.4 Å². The van der Waals surface area contributed by atoms with Crippen LogP contribution in [0.1, 0.15) is 5.69 Å². The molecule has 2 rings (SSSR count). The van der Waals surface area contributed by atoms with Crippen molar-refractivity contribution >= 4 is 0 Å². The lowest BCUT2D eigenvalue weighted by Crippen LogP contribution is -2.19. The van der Waals surface area contributed by atoms with E-state index in [1.807, 2.05) is 0 Å². The first kappa shape index (κ1) is 11.3. The van der Waals surface area contributed by atoms with Crippen LogP contribution in [0.5, 0.6) is 11.5 Å². The Morgan fingerprint density at radius 1 is 1.24 bits per heavy atom. The minimum atomic E-state index is -0.421. The predicted octanol–water partition coefficient (Wildman–Crippen LogP) is 1.20. The number of nitrogens with zero attached hydrogens (tertiary/aromatic N) is 2. The minimum absolute atomic E-state index is 0.219. The third kappa shape index (κ3) is 1.69. The SMILES string of the molecule is COc1ccc(-n2c(=O)c(O)c(C)n2C)cc1. The van der Waals surface area contributed by atoms with Crippen molar-refractivity contribution in [3.05, 3.63) is 40.3 Å². The Bertz CT molecular complexity index is 593. The Labute approximate surface area is 98.5 Å². The molecule has 5 nitrogen and oxygen atoms in total. The number of rotatable bonds is 2. The van der Waals surface area contributed by atoms with Crippen molar-refractivity contribution < 1.29 is 9.84 Å². The summed E-state index contributed by atoms with van der Waals surface area (Å²) >= 11 is 0. The molecular formula is C12H14N2O3. The molecule has 1 N–H and O–H groups in total. The Kier molecular flexibility index (Phi) is 2.67. The summed E-state index contributed by atoms with van der Waals surface area (Å²) in [5.41, 5.74) is 0.794. The van der Waals surface area contributed by atoms with Gasteiger partial charge in [-0.05, 0) is 31.2 Å². The molecular weight excluding hydrogens is 220 g/mol. The molecule has 0 fully saturated rings. The van der Waals surface area contributed by atoms with E-state index in [-0.39, 0.29) is 5.75 Å². The van der Waals surface area contributed by atoms with E-state index in [2.05, 4.69) is 0 Å². The molecule has 0 saturated heterocycles. The van der Waals surface area contributed by atoms with Gasteiger partial charge in [-0.15, -0.1) is 0 Å². The summed E-state index contributed by atoms with van der Waals surface area (Å²) in [6.45, 7) is 1.69. The van der Waals surface area contributed by atoms with E-state index in [0.29, 0.717) is 11.4 Å². The third-order valence-corrected chi connectivity index (χ3v) is 2.84. The molecule has 0 aliphatic rings. The van der Waals surface area contributed by atoms with Crippen LogP contribution in [0.4, 0.5) is 0 Å². The van der Waals surface area contributed by atoms with Crippen LogP contribution in [-0.4, -0.2) is 21.6 Å². The molecule has 5 heteroatoms. The molecule has 0 bridgehead atoms. The largest absolute Gasteiger partial charge is 0.502 e. The maximum atomic E-state index is 11.8. The molecule has 0 unspecified atom stereocenters. The fourth-order valence-electron chi connectivity index (χ4n) is 1.71. The van der Waals surface area contributed by atoms with E-state index < -0.39 is 5.56 Å². The Balaban J connectivity index is 2.60. The van der Waals surface area contributed by atoms with Crippen molar-refractivity contribution in [2.24, 2.45) is 7.05 Å². The molecule has 17 heavy (non-hydrogen) atoms. The zero-order valence-corrected chi connectivity index (χ0v) is 9.97. The molecule has 0 radical (unpaired) electrons. The summed E-state index contributed by atoms with van der Waals surface area (Å²) in [5, 5.41) is 9.59. The minimum Gasteiger partial charge on any atom is -0.502 e. The highest BCUT2D eigenvalue weighted by Crippen LogP contribution is 2.17. The van der Waals surface area contributed by atoms with Gasteiger partial charge in [0, 0.05) is 7.05 Å². The van der Waals surface area contributed by atoms with Gasteiger partial charge in [-0.1, -0.05) is 0 Å². The summed E-state index contributed by atoms with van der Waals surface area (Å²) in [6.07, 6.45) is 0. The van der Waals surface area contributed by atoms with Crippen LogP contribution >= 0.6 is 0 Å². The van der Waals surface area contributed by atoms with Gasteiger partial charge in [-0.25, -0.2) is 4.68 Å². The van der Waals surface area contributed by atoms with Gasteiger partial charge in [-0.3, -0.25) is 9.48 Å². The van der Waals surface area contributed by atoms with Gasteiger partial charge in [-0.2, -0.15) is 0 Å². The fraction of sp³-hybridized carbons (Fsp3) is 0.250. The van der Waals surface area contributed by atoms with Crippen molar-refractivity contribution in [2.45, 2.75) is 6.92 Å². The second-order valence-electron chi connectivity index (χ2n) is 3.77. The van der Waals surface area contributed by atoms with Crippen molar-refractivity contribution in [1.29, 1.82) is 0 Å². The zero-order valence-electron chi connectivity index (χ0n) is 9.97. The van der Waals surface area contributed by atoms with E-state index in [1.54, 1.807) is 50.0 Å². The third-order valence-electron chi connectivity index (χ3n) is 2.84. The molecule has 1 aromatic carbocycles. The quantitative estimate of drug-likeness (QED) is 0.849. The summed E-state index contributed by atoms with van der Waals surface area (Å²) < 4.78 is 8.07. The second kappa shape index (κ2) is 4.01. The van der Waals surface area contributed by atoms with Crippen molar-refractivity contribution in [3.63, 3.8) is 0 Å². The lowest BCUT2D eigenvalue weighted by molar-refractivity contribution is 0.414. The van der Waals surface area contributed by atoms with Crippen LogP contribution in [0.15, 0.2) is 29.1 Å². The number of hydrogen-bond acceptors (Lipinski definition) is 3. The molecule has 2 aromatic rings. The van der Waals surface area contributed by atoms with Gasteiger partial charge in [0.05, 0.1) is 18.5 Å². The Morgan fingerprint density at radius 2 is 1.82 bits per heavy atom. The monoisotopic (exact) mass is 234 g/mol. The second-order valence-corrected chi connectivity index (χ2v) is 3.77. The highest BCUT2D eigenvalue weighted by molar-refractivity contribution is 5.39. The van der Waals surface area contributed by atoms with E-state index in [0.717, 1.165) is 5.75 Å². The van der Waals surface area contributed by atoms with E-state index in [1.165, 1.54) is 4.68 Å². The van der Waals surface area contributed by atoms with Gasteiger partial charge in [0.1, 0.15) is 5.75 Å². The van der Waals surface area contributed by atoms with E-state index in [4.69, 9.17) is 4.74 Å². The van der Waals surface area contributed by atoms with Gasteiger partial charge in [0.15, 0.2) is 0 Å². The van der Waals surface area contributed by atoms with Crippen LogP contribution in [0.25, 0.3) is 5.69 Å². The van der Waals surface area contributed by atoms with Gasteiger partial charge in [0.2, 0.25) is 5.75 Å². The van der Waals surface area contributed by atoms with Crippen LogP contribution in [0, 0.1) is 6.92 Å². The Morgan fingerprint density at radius 3 is 2.24 bits per heavy atom. The average molecular weight is 234 g/mol. The first-order valence-electron chi connectivity index (χ1n) is 5.18. The molecule has 0 amide bonds. The maximum absolute atomic E-state index is 11.8. The van der Waals surface area contributed by atoms with Crippen LogP contribution in [0.2, 0.25) is 0 Å². The first-order chi connectivity index (χ1) is 8.06. The van der Waals surface area contributed by atoms with Gasteiger partial charge < -0.3 is 9.84 Å². The summed E-state index contributed by atoms with van der Waals surface area (Å²) in [4.78, 5) is 11.8. The summed E-state index contributed by atoms with van der Waals surface area (Å²) in [6, 6.07) is 7.06. The molecule has 0 spiro atoms. The van der Waals surface area contributed by atoms with E-state index >= 15 is 0 Å². The number of aromatic hydroxyl groups is 1. The molecule has 1 heterocycles. The summed E-state index contributed by atoms with van der Waals surface area (Å²) in [7, 11) is 3.31. The highest BCUT2D eigenvalue weighted by Gasteiger charge is 2.14. The summed E-state index contributed by atoms with van der Waals surface area (Å²) in [5.74, 6) is 0.500. The fourth-order valence-corrected chi connectivity index (χ4v) is 1.71. The van der Waals surface area contributed by atoms with Crippen molar-refractivity contribution in [3.8, 4) is 17.2 Å². The molecule has 0 saturated carbocycles. The number of ether oxygens (including phenoxy) is 1. The molecule has 0 aliphatic heterocycles. The number of methoxy groups -OCH3 is 1. The van der Waals surface area contributed by atoms with E-state index in [9.17, 15) is 9.90 Å². The standard InChI is InChI=1S/C12H14N2O3/c1-8-11(15)12(16)14(13(8)2)9-4-6-10(17-3)7-5-9/h4-7,15H,1-3H3. The van der Waals surface area contributed by atoms with Crippen LogP contribution < -0.4 is 10.3 Å². The predicted molar refractivity (Wildman–Crippen MR) is 64.0 cm³/mol. The highest BCUT2D eigenvalue weighted by atomic mass is 16.5. The number of aromatic nitrogens is 2. The molecule has 1 aromatic heterocycles. The lowest BCUT2D eigenvalue weighted by Gasteiger charge is -2.08.